The Labute approximate surface area is 151 Å². The Morgan fingerprint density at radius 3 is 2.46 bits per heavy atom. The number of benzene rings is 2. The molecule has 0 saturated carbocycles. The van der Waals surface area contributed by atoms with Gasteiger partial charge in [-0.1, -0.05) is 12.1 Å². The van der Waals surface area contributed by atoms with E-state index in [4.69, 9.17) is 9.47 Å². The van der Waals surface area contributed by atoms with E-state index in [0.29, 0.717) is 30.0 Å². The van der Waals surface area contributed by atoms with Gasteiger partial charge in [0.2, 0.25) is 5.91 Å². The third kappa shape index (κ3) is 5.47. The van der Waals surface area contributed by atoms with Crippen LogP contribution in [-0.2, 0) is 11.2 Å². The molecule has 2 rings (SSSR count). The van der Waals surface area contributed by atoms with Crippen molar-refractivity contribution in [3.8, 4) is 11.5 Å². The van der Waals surface area contributed by atoms with E-state index < -0.39 is 5.91 Å². The molecule has 2 aromatic carbocycles. The van der Waals surface area contributed by atoms with Crippen LogP contribution < -0.4 is 20.1 Å². The molecule has 0 atom stereocenters. The maximum absolute atomic E-state index is 13.1. The van der Waals surface area contributed by atoms with Crippen molar-refractivity contribution in [3.05, 3.63) is 59.4 Å². The molecule has 2 aromatic rings. The van der Waals surface area contributed by atoms with Crippen molar-refractivity contribution in [3.63, 3.8) is 0 Å². The van der Waals surface area contributed by atoms with Gasteiger partial charge >= 0.3 is 0 Å². The van der Waals surface area contributed by atoms with Crippen molar-refractivity contribution in [1.82, 2.24) is 10.6 Å². The number of rotatable bonds is 8. The van der Waals surface area contributed by atoms with Crippen LogP contribution in [0.3, 0.4) is 0 Å². The molecule has 7 heteroatoms. The first-order chi connectivity index (χ1) is 12.5. The summed E-state index contributed by atoms with van der Waals surface area (Å²) < 4.78 is 23.3. The third-order valence-corrected chi connectivity index (χ3v) is 3.68. The topological polar surface area (TPSA) is 76.7 Å². The smallest absolute Gasteiger partial charge is 0.251 e. The minimum absolute atomic E-state index is 0.156. The number of amides is 2. The Bertz CT molecular complexity index is 780. The summed E-state index contributed by atoms with van der Waals surface area (Å²) in [6.45, 7) is 0.199. The van der Waals surface area contributed by atoms with E-state index in [1.54, 1.807) is 24.3 Å². The van der Waals surface area contributed by atoms with Crippen LogP contribution in [0.25, 0.3) is 0 Å². The zero-order valence-corrected chi connectivity index (χ0v) is 14.7. The number of hydrogen-bond acceptors (Lipinski definition) is 4. The van der Waals surface area contributed by atoms with Crippen LogP contribution >= 0.6 is 0 Å². The highest BCUT2D eigenvalue weighted by Crippen LogP contribution is 2.27. The number of carbonyl (C=O) groups excluding carboxylic acids is 2. The van der Waals surface area contributed by atoms with Crippen molar-refractivity contribution < 1.29 is 23.5 Å². The number of hydrogen-bond donors (Lipinski definition) is 2. The van der Waals surface area contributed by atoms with E-state index in [1.165, 1.54) is 32.4 Å². The van der Waals surface area contributed by atoms with Crippen molar-refractivity contribution in [2.75, 3.05) is 27.3 Å². The van der Waals surface area contributed by atoms with Gasteiger partial charge in [0.05, 0.1) is 20.8 Å². The van der Waals surface area contributed by atoms with Gasteiger partial charge in [0.15, 0.2) is 11.5 Å². The van der Waals surface area contributed by atoms with Crippen LogP contribution in [-0.4, -0.2) is 39.1 Å². The minimum Gasteiger partial charge on any atom is -0.493 e. The predicted octanol–water partition coefficient (Wildman–Crippen LogP) is 1.93. The highest BCUT2D eigenvalue weighted by Gasteiger charge is 2.11. The molecule has 0 radical (unpaired) electrons. The lowest BCUT2D eigenvalue weighted by Crippen LogP contribution is -2.37. The molecule has 0 saturated heterocycles. The van der Waals surface area contributed by atoms with E-state index >= 15 is 0 Å². The van der Waals surface area contributed by atoms with Gasteiger partial charge in [0, 0.05) is 12.1 Å². The zero-order chi connectivity index (χ0) is 18.9. The third-order valence-electron chi connectivity index (χ3n) is 3.68. The molecule has 0 aromatic heterocycles. The van der Waals surface area contributed by atoms with Crippen LogP contribution in [0.2, 0.25) is 0 Å². The van der Waals surface area contributed by atoms with Gasteiger partial charge in [-0.15, -0.1) is 0 Å². The molecule has 0 aliphatic carbocycles. The van der Waals surface area contributed by atoms with E-state index in [-0.39, 0.29) is 18.3 Å². The first kappa shape index (κ1) is 19.2. The number of nitrogens with one attached hydrogen (secondary N) is 2. The van der Waals surface area contributed by atoms with Crippen molar-refractivity contribution in [2.24, 2.45) is 0 Å². The first-order valence-corrected chi connectivity index (χ1v) is 8.05. The summed E-state index contributed by atoms with van der Waals surface area (Å²) in [5, 5.41) is 5.22. The zero-order valence-electron chi connectivity index (χ0n) is 14.7. The highest BCUT2D eigenvalue weighted by molar-refractivity contribution is 5.97. The molecule has 0 aliphatic rings. The second-order valence-electron chi connectivity index (χ2n) is 5.48. The molecule has 26 heavy (non-hydrogen) atoms. The average molecular weight is 360 g/mol. The lowest BCUT2D eigenvalue weighted by Gasteiger charge is -2.10. The molecule has 0 aliphatic heterocycles. The number of halogens is 1. The van der Waals surface area contributed by atoms with Crippen LogP contribution in [0.1, 0.15) is 15.9 Å². The summed E-state index contributed by atoms with van der Waals surface area (Å²) in [6.07, 6.45) is 0.507. The molecular weight excluding hydrogens is 339 g/mol. The molecule has 0 fully saturated rings. The van der Waals surface area contributed by atoms with Crippen molar-refractivity contribution >= 4 is 11.8 Å². The van der Waals surface area contributed by atoms with Gasteiger partial charge in [0.1, 0.15) is 5.82 Å². The molecule has 6 nitrogen and oxygen atoms in total. The molecule has 0 bridgehead atoms. The van der Waals surface area contributed by atoms with Crippen LogP contribution in [0.15, 0.2) is 42.5 Å². The Morgan fingerprint density at radius 2 is 1.77 bits per heavy atom. The largest absolute Gasteiger partial charge is 0.493 e. The number of methoxy groups -OCH3 is 2. The molecule has 2 N–H and O–H groups in total. The van der Waals surface area contributed by atoms with E-state index in [9.17, 15) is 14.0 Å². The molecule has 0 unspecified atom stereocenters. The number of ether oxygens (including phenoxy) is 2. The van der Waals surface area contributed by atoms with Crippen LogP contribution in [0.4, 0.5) is 4.39 Å². The predicted molar refractivity (Wildman–Crippen MR) is 95.0 cm³/mol. The average Bonchev–Trinajstić information content (AvgIpc) is 2.65. The second kappa shape index (κ2) is 9.41. The quantitative estimate of drug-likeness (QED) is 0.754. The van der Waals surface area contributed by atoms with Gasteiger partial charge in [-0.25, -0.2) is 4.39 Å². The molecule has 138 valence electrons. The van der Waals surface area contributed by atoms with Gasteiger partial charge in [-0.2, -0.15) is 0 Å². The maximum atomic E-state index is 13.1. The molecular formula is C19H21FN2O4. The summed E-state index contributed by atoms with van der Waals surface area (Å²) >= 11 is 0. The Hall–Kier alpha value is -3.09. The Kier molecular flexibility index (Phi) is 6.96. The standard InChI is InChI=1S/C19H21FN2O4/c1-25-16-7-6-14(11-17(16)26-2)19(24)22-12-18(23)21-9-8-13-4-3-5-15(20)10-13/h3-7,10-11H,8-9,12H2,1-2H3,(H,21,23)(H,22,24). The fraction of sp³-hybridized carbons (Fsp3) is 0.263. The summed E-state index contributed by atoms with van der Waals surface area (Å²) in [5.74, 6) is -0.0868. The van der Waals surface area contributed by atoms with E-state index in [0.717, 1.165) is 5.56 Å². The fourth-order valence-corrected chi connectivity index (χ4v) is 2.34. The summed E-state index contributed by atoms with van der Waals surface area (Å²) in [5.41, 5.74) is 1.15. The minimum atomic E-state index is -0.397. The molecule has 0 heterocycles. The normalized spacial score (nSPS) is 10.1. The summed E-state index contributed by atoms with van der Waals surface area (Å²) in [7, 11) is 2.98. The first-order valence-electron chi connectivity index (χ1n) is 8.05. The molecule has 2 amide bonds. The van der Waals surface area contributed by atoms with Crippen molar-refractivity contribution in [1.29, 1.82) is 0 Å². The van der Waals surface area contributed by atoms with Gasteiger partial charge < -0.3 is 20.1 Å². The molecule has 0 spiro atoms. The van der Waals surface area contributed by atoms with Gasteiger partial charge in [0.25, 0.3) is 5.91 Å². The van der Waals surface area contributed by atoms with Gasteiger partial charge in [-0.3, -0.25) is 9.59 Å². The number of carbonyl (C=O) groups is 2. The van der Waals surface area contributed by atoms with E-state index in [1.807, 2.05) is 0 Å². The second-order valence-corrected chi connectivity index (χ2v) is 5.48. The van der Waals surface area contributed by atoms with E-state index in [2.05, 4.69) is 10.6 Å². The van der Waals surface area contributed by atoms with Crippen LogP contribution in [0.5, 0.6) is 11.5 Å². The summed E-state index contributed by atoms with van der Waals surface area (Å²) in [4.78, 5) is 23.9. The van der Waals surface area contributed by atoms with Crippen LogP contribution in [0, 0.1) is 5.82 Å². The lowest BCUT2D eigenvalue weighted by molar-refractivity contribution is -0.120. The summed E-state index contributed by atoms with van der Waals surface area (Å²) in [6, 6.07) is 10.9. The Morgan fingerprint density at radius 1 is 1.00 bits per heavy atom. The SMILES string of the molecule is COc1ccc(C(=O)NCC(=O)NCCc2cccc(F)c2)cc1OC. The highest BCUT2D eigenvalue weighted by atomic mass is 19.1. The van der Waals surface area contributed by atoms with Gasteiger partial charge in [-0.05, 0) is 42.3 Å². The Balaban J connectivity index is 1.78. The lowest BCUT2D eigenvalue weighted by atomic mass is 10.1. The monoisotopic (exact) mass is 360 g/mol. The van der Waals surface area contributed by atoms with Crippen molar-refractivity contribution in [2.45, 2.75) is 6.42 Å². The maximum Gasteiger partial charge on any atom is 0.251 e. The fourth-order valence-electron chi connectivity index (χ4n) is 2.34.